The molecule has 1 aromatic carbocycles. The summed E-state index contributed by atoms with van der Waals surface area (Å²) in [6, 6.07) is 6.36. The molecule has 0 radical (unpaired) electrons. The van der Waals surface area contributed by atoms with E-state index in [2.05, 4.69) is 28.1 Å². The van der Waals surface area contributed by atoms with E-state index in [1.165, 1.54) is 44.1 Å². The summed E-state index contributed by atoms with van der Waals surface area (Å²) < 4.78 is 6.25. The van der Waals surface area contributed by atoms with E-state index in [4.69, 9.17) is 10.5 Å². The van der Waals surface area contributed by atoms with E-state index in [-0.39, 0.29) is 6.04 Å². The first-order valence-corrected chi connectivity index (χ1v) is 7.60. The zero-order chi connectivity index (χ0) is 13.0. The predicted molar refractivity (Wildman–Crippen MR) is 78.8 cm³/mol. The van der Waals surface area contributed by atoms with E-state index >= 15 is 0 Å². The second-order valence-electron chi connectivity index (χ2n) is 5.17. The third-order valence-corrected chi connectivity index (χ3v) is 4.59. The molecule has 1 fully saturated rings. The smallest absolute Gasteiger partial charge is 0.133 e. The second-order valence-corrected chi connectivity index (χ2v) is 6.03. The van der Waals surface area contributed by atoms with Crippen molar-refractivity contribution < 1.29 is 4.74 Å². The molecule has 1 atom stereocenters. The monoisotopic (exact) mass is 311 g/mol. The number of halogens is 1. The number of methoxy groups -OCH3 is 1. The van der Waals surface area contributed by atoms with Gasteiger partial charge in [0, 0.05) is 6.04 Å². The fraction of sp³-hybridized carbons (Fsp3) is 0.600. The van der Waals surface area contributed by atoms with Crippen LogP contribution in [0, 0.1) is 5.92 Å². The van der Waals surface area contributed by atoms with Crippen LogP contribution in [0.5, 0.6) is 5.75 Å². The van der Waals surface area contributed by atoms with Gasteiger partial charge in [0.1, 0.15) is 5.75 Å². The maximum atomic E-state index is 6.44. The average Bonchev–Trinajstić information content (AvgIpc) is 2.66. The van der Waals surface area contributed by atoms with Gasteiger partial charge in [0.05, 0.1) is 11.6 Å². The third-order valence-electron chi connectivity index (χ3n) is 3.97. The van der Waals surface area contributed by atoms with Gasteiger partial charge in [-0.05, 0) is 52.4 Å². The van der Waals surface area contributed by atoms with Gasteiger partial charge in [0.15, 0.2) is 0 Å². The summed E-state index contributed by atoms with van der Waals surface area (Å²) in [6.07, 6.45) is 7.94. The van der Waals surface area contributed by atoms with Crippen molar-refractivity contribution in [2.75, 3.05) is 7.11 Å². The van der Waals surface area contributed by atoms with Crippen molar-refractivity contribution in [1.29, 1.82) is 0 Å². The fourth-order valence-corrected chi connectivity index (χ4v) is 3.39. The van der Waals surface area contributed by atoms with Gasteiger partial charge < -0.3 is 10.5 Å². The lowest BCUT2D eigenvalue weighted by molar-refractivity contribution is 0.381. The molecule has 0 aliphatic heterocycles. The average molecular weight is 312 g/mol. The second kappa shape index (κ2) is 6.58. The van der Waals surface area contributed by atoms with Crippen molar-refractivity contribution in [3.05, 3.63) is 28.2 Å². The molecule has 0 heterocycles. The lowest BCUT2D eigenvalue weighted by Crippen LogP contribution is -2.21. The summed E-state index contributed by atoms with van der Waals surface area (Å²) in [5.74, 6) is 1.50. The van der Waals surface area contributed by atoms with Crippen molar-refractivity contribution in [3.8, 4) is 5.75 Å². The zero-order valence-electron chi connectivity index (χ0n) is 11.0. The molecular formula is C15H22BrNO. The summed E-state index contributed by atoms with van der Waals surface area (Å²) >= 11 is 3.53. The molecule has 0 saturated heterocycles. The Morgan fingerprint density at radius 1 is 1.22 bits per heavy atom. The summed E-state index contributed by atoms with van der Waals surface area (Å²) in [5, 5.41) is 0. The topological polar surface area (TPSA) is 35.2 Å². The largest absolute Gasteiger partial charge is 0.496 e. The highest BCUT2D eigenvalue weighted by Crippen LogP contribution is 2.34. The lowest BCUT2D eigenvalue weighted by atomic mass is 9.88. The van der Waals surface area contributed by atoms with Gasteiger partial charge in [-0.25, -0.2) is 0 Å². The van der Waals surface area contributed by atoms with Crippen LogP contribution < -0.4 is 10.5 Å². The maximum absolute atomic E-state index is 6.44. The Hall–Kier alpha value is -0.540. The Kier molecular flexibility index (Phi) is 5.07. The van der Waals surface area contributed by atoms with E-state index in [1.807, 2.05) is 6.07 Å². The highest BCUT2D eigenvalue weighted by molar-refractivity contribution is 9.10. The predicted octanol–water partition coefficient (Wildman–Crippen LogP) is 4.43. The number of hydrogen-bond donors (Lipinski definition) is 1. The van der Waals surface area contributed by atoms with E-state index in [9.17, 15) is 0 Å². The normalized spacial score (nSPS) is 19.3. The maximum Gasteiger partial charge on any atom is 0.133 e. The molecule has 1 saturated carbocycles. The van der Waals surface area contributed by atoms with Crippen LogP contribution in [0.1, 0.15) is 50.1 Å². The SMILES string of the molecule is COc1ccc(C(N)C2CCCCCC2)cc1Br. The van der Waals surface area contributed by atoms with Gasteiger partial charge in [-0.2, -0.15) is 0 Å². The van der Waals surface area contributed by atoms with Crippen LogP contribution >= 0.6 is 15.9 Å². The Morgan fingerprint density at radius 3 is 2.44 bits per heavy atom. The number of rotatable bonds is 3. The van der Waals surface area contributed by atoms with Gasteiger partial charge in [-0.15, -0.1) is 0 Å². The Bertz CT molecular complexity index is 386. The first kappa shape index (κ1) is 13.9. The summed E-state index contributed by atoms with van der Waals surface area (Å²) in [6.45, 7) is 0. The van der Waals surface area contributed by atoms with E-state index in [1.54, 1.807) is 7.11 Å². The molecule has 100 valence electrons. The molecule has 0 bridgehead atoms. The summed E-state index contributed by atoms with van der Waals surface area (Å²) in [4.78, 5) is 0. The highest BCUT2D eigenvalue weighted by atomic mass is 79.9. The standard InChI is InChI=1S/C15H22BrNO/c1-18-14-9-8-12(10-13(14)16)15(17)11-6-4-2-3-5-7-11/h8-11,15H,2-7,17H2,1H3. The van der Waals surface area contributed by atoms with Gasteiger partial charge >= 0.3 is 0 Å². The third kappa shape index (κ3) is 3.27. The molecule has 1 aliphatic rings. The molecular weight excluding hydrogens is 290 g/mol. The van der Waals surface area contributed by atoms with Crippen molar-refractivity contribution in [2.45, 2.75) is 44.6 Å². The van der Waals surface area contributed by atoms with Gasteiger partial charge in [-0.3, -0.25) is 0 Å². The van der Waals surface area contributed by atoms with Gasteiger partial charge in [0.2, 0.25) is 0 Å². The molecule has 3 heteroatoms. The number of nitrogens with two attached hydrogens (primary N) is 1. The van der Waals surface area contributed by atoms with Crippen molar-refractivity contribution in [3.63, 3.8) is 0 Å². The Balaban J connectivity index is 2.11. The summed E-state index contributed by atoms with van der Waals surface area (Å²) in [7, 11) is 1.69. The summed E-state index contributed by atoms with van der Waals surface area (Å²) in [5.41, 5.74) is 7.66. The van der Waals surface area contributed by atoms with Gasteiger partial charge in [0.25, 0.3) is 0 Å². The molecule has 18 heavy (non-hydrogen) atoms. The molecule has 2 nitrogen and oxygen atoms in total. The number of hydrogen-bond acceptors (Lipinski definition) is 2. The lowest BCUT2D eigenvalue weighted by Gasteiger charge is -2.23. The van der Waals surface area contributed by atoms with Crippen LogP contribution in [0.25, 0.3) is 0 Å². The van der Waals surface area contributed by atoms with Crippen LogP contribution in [0.2, 0.25) is 0 Å². The van der Waals surface area contributed by atoms with Gasteiger partial charge in [-0.1, -0.05) is 31.7 Å². The molecule has 1 unspecified atom stereocenters. The van der Waals surface area contributed by atoms with Crippen molar-refractivity contribution in [2.24, 2.45) is 11.7 Å². The fourth-order valence-electron chi connectivity index (χ4n) is 2.83. The van der Waals surface area contributed by atoms with E-state index in [0.717, 1.165) is 10.2 Å². The van der Waals surface area contributed by atoms with E-state index < -0.39 is 0 Å². The molecule has 1 aromatic rings. The molecule has 2 rings (SSSR count). The Labute approximate surface area is 118 Å². The molecule has 2 N–H and O–H groups in total. The minimum atomic E-state index is 0.158. The molecule has 0 spiro atoms. The number of ether oxygens (including phenoxy) is 1. The minimum absolute atomic E-state index is 0.158. The zero-order valence-corrected chi connectivity index (χ0v) is 12.6. The van der Waals surface area contributed by atoms with Crippen LogP contribution in [-0.4, -0.2) is 7.11 Å². The minimum Gasteiger partial charge on any atom is -0.496 e. The Morgan fingerprint density at radius 2 is 1.89 bits per heavy atom. The highest BCUT2D eigenvalue weighted by Gasteiger charge is 2.21. The molecule has 1 aliphatic carbocycles. The van der Waals surface area contributed by atoms with Crippen LogP contribution in [-0.2, 0) is 0 Å². The number of benzene rings is 1. The quantitative estimate of drug-likeness (QED) is 0.838. The first-order chi connectivity index (χ1) is 8.72. The molecule has 0 amide bonds. The van der Waals surface area contributed by atoms with Crippen LogP contribution in [0.4, 0.5) is 0 Å². The van der Waals surface area contributed by atoms with Crippen molar-refractivity contribution in [1.82, 2.24) is 0 Å². The first-order valence-electron chi connectivity index (χ1n) is 6.81. The molecule has 0 aromatic heterocycles. The van der Waals surface area contributed by atoms with Crippen LogP contribution in [0.3, 0.4) is 0 Å². The van der Waals surface area contributed by atoms with Crippen LogP contribution in [0.15, 0.2) is 22.7 Å². The van der Waals surface area contributed by atoms with Crippen molar-refractivity contribution >= 4 is 15.9 Å². The van der Waals surface area contributed by atoms with E-state index in [0.29, 0.717) is 5.92 Å².